The van der Waals surface area contributed by atoms with Gasteiger partial charge in [0.05, 0.1) is 17.6 Å². The van der Waals surface area contributed by atoms with E-state index in [4.69, 9.17) is 0 Å². The second-order valence-corrected chi connectivity index (χ2v) is 8.07. The lowest BCUT2D eigenvalue weighted by atomic mass is 9.91. The summed E-state index contributed by atoms with van der Waals surface area (Å²) in [6.07, 6.45) is 2.03. The molecule has 1 N–H and O–H groups in total. The minimum absolute atomic E-state index is 0.0132. The van der Waals surface area contributed by atoms with E-state index in [-0.39, 0.29) is 11.8 Å². The summed E-state index contributed by atoms with van der Waals surface area (Å²) in [7, 11) is 0. The van der Waals surface area contributed by atoms with Crippen LogP contribution in [0.5, 0.6) is 0 Å². The zero-order valence-electron chi connectivity index (χ0n) is 16.0. The number of thiophene rings is 1. The van der Waals surface area contributed by atoms with Crippen molar-refractivity contribution in [3.63, 3.8) is 0 Å². The zero-order valence-corrected chi connectivity index (χ0v) is 16.8. The van der Waals surface area contributed by atoms with Gasteiger partial charge in [-0.2, -0.15) is 14.9 Å². The Kier molecular flexibility index (Phi) is 4.21. The molecule has 0 radical (unpaired) electrons. The van der Waals surface area contributed by atoms with Crippen molar-refractivity contribution in [2.45, 2.75) is 26.2 Å². The summed E-state index contributed by atoms with van der Waals surface area (Å²) >= 11 is 1.65. The van der Waals surface area contributed by atoms with Crippen molar-refractivity contribution in [2.24, 2.45) is 0 Å². The summed E-state index contributed by atoms with van der Waals surface area (Å²) in [4.78, 5) is 18.2. The Morgan fingerprint density at radius 1 is 1.17 bits per heavy atom. The molecule has 8 heteroatoms. The lowest BCUT2D eigenvalue weighted by Crippen LogP contribution is -2.25. The van der Waals surface area contributed by atoms with Gasteiger partial charge in [0.25, 0.3) is 5.95 Å². The summed E-state index contributed by atoms with van der Waals surface area (Å²) < 4.78 is 1.59. The molecule has 0 saturated heterocycles. The number of nitrogens with one attached hydrogen (secondary N) is 1. The Bertz CT molecular complexity index is 1200. The molecule has 1 aromatic carbocycles. The molecule has 0 bridgehead atoms. The molecule has 1 amide bonds. The molecule has 29 heavy (non-hydrogen) atoms. The Morgan fingerprint density at radius 2 is 2.00 bits per heavy atom. The van der Waals surface area contributed by atoms with E-state index in [9.17, 15) is 4.79 Å². The van der Waals surface area contributed by atoms with Gasteiger partial charge in [0, 0.05) is 28.3 Å². The molecule has 0 spiro atoms. The topological polar surface area (TPSA) is 85.6 Å². The normalized spacial score (nSPS) is 15.8. The summed E-state index contributed by atoms with van der Waals surface area (Å²) in [5.74, 6) is 0.903. The van der Waals surface area contributed by atoms with Crippen molar-refractivity contribution in [3.8, 4) is 17.2 Å². The van der Waals surface area contributed by atoms with E-state index < -0.39 is 0 Å². The molecule has 144 valence electrons. The first-order valence-electron chi connectivity index (χ1n) is 9.30. The summed E-state index contributed by atoms with van der Waals surface area (Å²) in [6.45, 7) is 3.99. The highest BCUT2D eigenvalue weighted by atomic mass is 32.1. The number of hydrogen-bond acceptors (Lipinski definition) is 6. The molecule has 0 saturated carbocycles. The molecule has 3 aromatic heterocycles. The molecule has 0 aliphatic carbocycles. The van der Waals surface area contributed by atoms with Gasteiger partial charge in [-0.15, -0.1) is 16.4 Å². The summed E-state index contributed by atoms with van der Waals surface area (Å²) in [5.41, 5.74) is 4.69. The van der Waals surface area contributed by atoms with Gasteiger partial charge in [0.2, 0.25) is 5.91 Å². The SMILES string of the molecule is Cc1ccc(-c2cnnc(-n3nc(C)c4c3NC(=O)CC4c3cccs3)n2)cc1. The Labute approximate surface area is 171 Å². The molecule has 0 fully saturated rings. The predicted octanol–water partition coefficient (Wildman–Crippen LogP) is 3.88. The van der Waals surface area contributed by atoms with Crippen LogP contribution in [0.3, 0.4) is 0 Å². The van der Waals surface area contributed by atoms with Gasteiger partial charge in [-0.1, -0.05) is 35.9 Å². The van der Waals surface area contributed by atoms with Crippen molar-refractivity contribution >= 4 is 23.1 Å². The predicted molar refractivity (Wildman–Crippen MR) is 111 cm³/mol. The number of carbonyl (C=O) groups excluding carboxylic acids is 1. The van der Waals surface area contributed by atoms with E-state index >= 15 is 0 Å². The van der Waals surface area contributed by atoms with Crippen LogP contribution in [-0.2, 0) is 4.79 Å². The van der Waals surface area contributed by atoms with E-state index in [1.165, 1.54) is 5.56 Å². The van der Waals surface area contributed by atoms with Crippen LogP contribution in [0, 0.1) is 13.8 Å². The third-order valence-electron chi connectivity index (χ3n) is 5.07. The third-order valence-corrected chi connectivity index (χ3v) is 6.06. The van der Waals surface area contributed by atoms with Gasteiger partial charge in [-0.3, -0.25) is 4.79 Å². The minimum Gasteiger partial charge on any atom is -0.310 e. The van der Waals surface area contributed by atoms with E-state index in [1.54, 1.807) is 22.2 Å². The lowest BCUT2D eigenvalue weighted by Gasteiger charge is -2.22. The van der Waals surface area contributed by atoms with Gasteiger partial charge in [0.1, 0.15) is 5.82 Å². The van der Waals surface area contributed by atoms with E-state index in [2.05, 4.69) is 31.7 Å². The van der Waals surface area contributed by atoms with E-state index in [1.807, 2.05) is 49.6 Å². The molecule has 4 aromatic rings. The average Bonchev–Trinajstić information content (AvgIpc) is 3.37. The van der Waals surface area contributed by atoms with Crippen LogP contribution >= 0.6 is 11.3 Å². The van der Waals surface area contributed by atoms with Gasteiger partial charge >= 0.3 is 0 Å². The van der Waals surface area contributed by atoms with Crippen molar-refractivity contribution in [1.82, 2.24) is 25.0 Å². The molecular formula is C21H18N6OS. The van der Waals surface area contributed by atoms with E-state index in [0.29, 0.717) is 23.9 Å². The summed E-state index contributed by atoms with van der Waals surface area (Å²) in [6, 6.07) is 12.1. The second kappa shape index (κ2) is 6.89. The fraction of sp³-hybridized carbons (Fsp3) is 0.190. The maximum atomic E-state index is 12.4. The van der Waals surface area contributed by atoms with Gasteiger partial charge in [0.15, 0.2) is 0 Å². The maximum Gasteiger partial charge on any atom is 0.272 e. The first-order valence-corrected chi connectivity index (χ1v) is 10.2. The quantitative estimate of drug-likeness (QED) is 0.562. The van der Waals surface area contributed by atoms with Crippen molar-refractivity contribution in [2.75, 3.05) is 5.32 Å². The number of rotatable bonds is 3. The van der Waals surface area contributed by atoms with Crippen LogP contribution in [0.25, 0.3) is 17.2 Å². The first-order chi connectivity index (χ1) is 14.1. The van der Waals surface area contributed by atoms with Gasteiger partial charge in [-0.05, 0) is 25.3 Å². The molecule has 1 aliphatic heterocycles. The van der Waals surface area contributed by atoms with Gasteiger partial charge < -0.3 is 5.32 Å². The highest BCUT2D eigenvalue weighted by Gasteiger charge is 2.33. The lowest BCUT2D eigenvalue weighted by molar-refractivity contribution is -0.116. The average molecular weight is 402 g/mol. The first kappa shape index (κ1) is 17.7. The highest BCUT2D eigenvalue weighted by molar-refractivity contribution is 7.10. The molecule has 1 atom stereocenters. The fourth-order valence-corrected chi connectivity index (χ4v) is 4.51. The van der Waals surface area contributed by atoms with Crippen molar-refractivity contribution < 1.29 is 4.79 Å². The number of aromatic nitrogens is 5. The standard InChI is InChI=1S/C21H18N6OS/c1-12-5-7-14(8-6-12)16-11-22-25-21(23-16)27-20-19(13(2)26-27)15(10-18(28)24-20)17-4-3-9-29-17/h3-9,11,15H,10H2,1-2H3,(H,24,28). The monoisotopic (exact) mass is 402 g/mol. The molecular weight excluding hydrogens is 384 g/mol. The Morgan fingerprint density at radius 3 is 2.76 bits per heavy atom. The molecule has 4 heterocycles. The zero-order chi connectivity index (χ0) is 20.0. The number of amides is 1. The molecule has 5 rings (SSSR count). The minimum atomic E-state index is -0.0419. The molecule has 7 nitrogen and oxygen atoms in total. The van der Waals surface area contributed by atoms with Crippen LogP contribution in [0.1, 0.15) is 34.0 Å². The molecule has 1 aliphatic rings. The van der Waals surface area contributed by atoms with Gasteiger partial charge in [-0.25, -0.2) is 4.98 Å². The number of hydrogen-bond donors (Lipinski definition) is 1. The van der Waals surface area contributed by atoms with Crippen molar-refractivity contribution in [1.29, 1.82) is 0 Å². The number of aryl methyl sites for hydroxylation is 2. The number of nitrogens with zero attached hydrogens (tertiary/aromatic N) is 5. The van der Waals surface area contributed by atoms with Crippen LogP contribution in [0.15, 0.2) is 48.0 Å². The van der Waals surface area contributed by atoms with E-state index in [0.717, 1.165) is 21.7 Å². The smallest absolute Gasteiger partial charge is 0.272 e. The third kappa shape index (κ3) is 3.11. The van der Waals surface area contributed by atoms with Crippen LogP contribution in [-0.4, -0.2) is 30.9 Å². The number of anilines is 1. The van der Waals surface area contributed by atoms with Crippen molar-refractivity contribution in [3.05, 3.63) is 69.7 Å². The van der Waals surface area contributed by atoms with Crippen LogP contribution in [0.4, 0.5) is 5.82 Å². The number of fused-ring (bicyclic) bond motifs is 1. The van der Waals surface area contributed by atoms with Crippen LogP contribution < -0.4 is 5.32 Å². The Hall–Kier alpha value is -3.39. The summed E-state index contributed by atoms with van der Waals surface area (Å²) in [5, 5.41) is 17.9. The fourth-order valence-electron chi connectivity index (χ4n) is 3.67. The number of carbonyl (C=O) groups is 1. The Balaban J connectivity index is 1.62. The van der Waals surface area contributed by atoms with Crippen LogP contribution in [0.2, 0.25) is 0 Å². The highest BCUT2D eigenvalue weighted by Crippen LogP contribution is 2.41. The largest absolute Gasteiger partial charge is 0.310 e. The second-order valence-electron chi connectivity index (χ2n) is 7.09. The number of benzene rings is 1. The maximum absolute atomic E-state index is 12.4. The molecule has 1 unspecified atom stereocenters.